The number of ether oxygens (including phenoxy) is 4. The first-order valence-electron chi connectivity index (χ1n) is 9.97. The summed E-state index contributed by atoms with van der Waals surface area (Å²) in [7, 11) is 3.12. The molecule has 32 heavy (non-hydrogen) atoms. The van der Waals surface area contributed by atoms with Crippen molar-refractivity contribution in [1.82, 2.24) is 4.57 Å². The molecule has 164 valence electrons. The second-order valence-corrected chi connectivity index (χ2v) is 6.70. The molecule has 0 saturated carbocycles. The van der Waals surface area contributed by atoms with Crippen LogP contribution < -0.4 is 9.47 Å². The van der Waals surface area contributed by atoms with Gasteiger partial charge < -0.3 is 23.5 Å². The molecule has 0 atom stereocenters. The van der Waals surface area contributed by atoms with E-state index in [1.807, 2.05) is 42.6 Å². The number of carbonyl (C=O) groups excluding carboxylic acids is 1. The van der Waals surface area contributed by atoms with Crippen LogP contribution >= 0.6 is 0 Å². The zero-order chi connectivity index (χ0) is 22.9. The van der Waals surface area contributed by atoms with Crippen LogP contribution in [0, 0.1) is 11.3 Å². The number of nitriles is 1. The van der Waals surface area contributed by atoms with Crippen molar-refractivity contribution in [2.45, 2.75) is 6.92 Å². The van der Waals surface area contributed by atoms with Crippen molar-refractivity contribution in [3.05, 3.63) is 77.1 Å². The van der Waals surface area contributed by atoms with Gasteiger partial charge in [-0.2, -0.15) is 5.26 Å². The van der Waals surface area contributed by atoms with Crippen LogP contribution in [0.2, 0.25) is 0 Å². The van der Waals surface area contributed by atoms with Gasteiger partial charge in [-0.05, 0) is 36.8 Å². The first-order chi connectivity index (χ1) is 15.6. The number of esters is 1. The molecule has 0 N–H and O–H groups in total. The van der Waals surface area contributed by atoms with Gasteiger partial charge in [-0.1, -0.05) is 24.3 Å². The second-order valence-electron chi connectivity index (χ2n) is 6.70. The van der Waals surface area contributed by atoms with Gasteiger partial charge in [0.2, 0.25) is 0 Å². The maximum absolute atomic E-state index is 12.2. The molecule has 7 nitrogen and oxygen atoms in total. The van der Waals surface area contributed by atoms with E-state index in [-0.39, 0.29) is 13.4 Å². The Hall–Kier alpha value is -4.02. The average Bonchev–Trinajstić information content (AvgIpc) is 3.25. The van der Waals surface area contributed by atoms with Gasteiger partial charge in [0.1, 0.15) is 23.1 Å². The molecule has 3 rings (SSSR count). The zero-order valence-electron chi connectivity index (χ0n) is 18.2. The van der Waals surface area contributed by atoms with Crippen molar-refractivity contribution in [2.75, 3.05) is 27.6 Å². The summed E-state index contributed by atoms with van der Waals surface area (Å²) < 4.78 is 22.6. The number of aromatic nitrogens is 1. The van der Waals surface area contributed by atoms with Gasteiger partial charge in [0.25, 0.3) is 0 Å². The highest BCUT2D eigenvalue weighted by molar-refractivity contribution is 5.93. The fourth-order valence-electron chi connectivity index (χ4n) is 3.04. The number of hydrogen-bond acceptors (Lipinski definition) is 6. The lowest BCUT2D eigenvalue weighted by atomic mass is 10.1. The largest absolute Gasteiger partial charge is 0.497 e. The minimum absolute atomic E-state index is 0.0131. The molecule has 0 amide bonds. The predicted octanol–water partition coefficient (Wildman–Crippen LogP) is 4.69. The Morgan fingerprint density at radius 1 is 1.09 bits per heavy atom. The molecule has 2 aromatic carbocycles. The molecule has 7 heteroatoms. The summed E-state index contributed by atoms with van der Waals surface area (Å²) in [5.41, 5.74) is 3.29. The molecular weight excluding hydrogens is 408 g/mol. The lowest BCUT2D eigenvalue weighted by Gasteiger charge is -2.12. The number of hydrogen-bond donors (Lipinski definition) is 0. The highest BCUT2D eigenvalue weighted by atomic mass is 16.7. The molecule has 0 unspecified atom stereocenters. The highest BCUT2D eigenvalue weighted by Gasteiger charge is 2.16. The summed E-state index contributed by atoms with van der Waals surface area (Å²) in [6.45, 7) is 1.99. The summed E-state index contributed by atoms with van der Waals surface area (Å²) in [4.78, 5) is 12.2. The van der Waals surface area contributed by atoms with Crippen molar-refractivity contribution in [3.63, 3.8) is 0 Å². The van der Waals surface area contributed by atoms with Crippen molar-refractivity contribution in [1.29, 1.82) is 5.26 Å². The maximum atomic E-state index is 12.2. The van der Waals surface area contributed by atoms with Crippen LogP contribution in [0.5, 0.6) is 11.5 Å². The van der Waals surface area contributed by atoms with E-state index in [1.165, 1.54) is 7.11 Å². The van der Waals surface area contributed by atoms with Crippen molar-refractivity contribution < 1.29 is 23.7 Å². The molecule has 3 aromatic rings. The minimum atomic E-state index is -0.474. The van der Waals surface area contributed by atoms with Gasteiger partial charge in [-0.25, -0.2) is 4.79 Å². The fourth-order valence-corrected chi connectivity index (χ4v) is 3.04. The van der Waals surface area contributed by atoms with Crippen LogP contribution in [0.3, 0.4) is 0 Å². The third kappa shape index (κ3) is 5.36. The van der Waals surface area contributed by atoms with Gasteiger partial charge in [0.05, 0.1) is 19.3 Å². The highest BCUT2D eigenvalue weighted by Crippen LogP contribution is 2.26. The van der Waals surface area contributed by atoms with Crippen molar-refractivity contribution >= 4 is 18.1 Å². The monoisotopic (exact) mass is 432 g/mol. The van der Waals surface area contributed by atoms with Crippen molar-refractivity contribution in [3.8, 4) is 23.3 Å². The van der Waals surface area contributed by atoms with E-state index in [2.05, 4.69) is 6.07 Å². The third-order valence-electron chi connectivity index (χ3n) is 4.64. The average molecular weight is 432 g/mol. The molecule has 0 fully saturated rings. The zero-order valence-corrected chi connectivity index (χ0v) is 18.2. The van der Waals surface area contributed by atoms with Gasteiger partial charge in [0, 0.05) is 36.8 Å². The Kier molecular flexibility index (Phi) is 7.68. The summed E-state index contributed by atoms with van der Waals surface area (Å²) in [6, 6.07) is 15.0. The summed E-state index contributed by atoms with van der Waals surface area (Å²) in [5.74, 6) is 0.646. The van der Waals surface area contributed by atoms with Gasteiger partial charge in [-0.15, -0.1) is 0 Å². The van der Waals surface area contributed by atoms with E-state index >= 15 is 0 Å². The number of benzene rings is 2. The van der Waals surface area contributed by atoms with E-state index in [0.717, 1.165) is 22.6 Å². The molecule has 1 heterocycles. The van der Waals surface area contributed by atoms with Gasteiger partial charge in [-0.3, -0.25) is 0 Å². The number of nitrogens with zero attached hydrogens (tertiary/aromatic N) is 2. The predicted molar refractivity (Wildman–Crippen MR) is 121 cm³/mol. The quantitative estimate of drug-likeness (QED) is 0.360. The number of methoxy groups -OCH3 is 2. The third-order valence-corrected chi connectivity index (χ3v) is 4.64. The molecular formula is C25H24N2O5. The van der Waals surface area contributed by atoms with E-state index < -0.39 is 5.97 Å². The fraction of sp³-hybridized carbons (Fsp3) is 0.200. The summed E-state index contributed by atoms with van der Waals surface area (Å²) in [6.07, 6.45) is 7.38. The van der Waals surface area contributed by atoms with Crippen LogP contribution in [0.15, 0.2) is 54.9 Å². The van der Waals surface area contributed by atoms with Crippen LogP contribution in [-0.4, -0.2) is 38.2 Å². The van der Waals surface area contributed by atoms with Crippen LogP contribution in [0.1, 0.15) is 34.0 Å². The Balaban J connectivity index is 1.92. The van der Waals surface area contributed by atoms with Crippen LogP contribution in [0.25, 0.3) is 17.8 Å². The van der Waals surface area contributed by atoms with E-state index in [9.17, 15) is 10.1 Å². The van der Waals surface area contributed by atoms with E-state index in [0.29, 0.717) is 16.9 Å². The van der Waals surface area contributed by atoms with Crippen molar-refractivity contribution in [2.24, 2.45) is 0 Å². The topological polar surface area (TPSA) is 82.7 Å². The standard InChI is InChI=1S/C25H24N2O5/c1-4-31-25(28)23-12-9-21(13-24(23)32-17-29-2)27-15-19(20(14-26)16-27)8-5-18-6-10-22(30-3)11-7-18/h5-13,15-16H,4,17H2,1-3H3. The SMILES string of the molecule is CCOC(=O)c1ccc(-n2cc(C#N)c(C=Cc3ccc(OC)cc3)c2)cc1OCOC. The Bertz CT molecular complexity index is 1140. The maximum Gasteiger partial charge on any atom is 0.341 e. The summed E-state index contributed by atoms with van der Waals surface area (Å²) in [5, 5.41) is 9.57. The van der Waals surface area contributed by atoms with Gasteiger partial charge >= 0.3 is 5.97 Å². The Labute approximate surface area is 187 Å². The molecule has 0 aliphatic rings. The van der Waals surface area contributed by atoms with E-state index in [4.69, 9.17) is 18.9 Å². The minimum Gasteiger partial charge on any atom is -0.497 e. The Morgan fingerprint density at radius 2 is 1.88 bits per heavy atom. The molecule has 0 radical (unpaired) electrons. The molecule has 0 bridgehead atoms. The first kappa shape index (κ1) is 22.7. The first-order valence-corrected chi connectivity index (χ1v) is 9.97. The lowest BCUT2D eigenvalue weighted by Crippen LogP contribution is -2.10. The smallest absolute Gasteiger partial charge is 0.341 e. The Morgan fingerprint density at radius 3 is 2.53 bits per heavy atom. The second kappa shape index (κ2) is 10.8. The number of rotatable bonds is 9. The van der Waals surface area contributed by atoms with Crippen LogP contribution in [0.4, 0.5) is 0 Å². The van der Waals surface area contributed by atoms with Gasteiger partial charge in [0.15, 0.2) is 6.79 Å². The molecule has 0 spiro atoms. The molecule has 0 aliphatic heterocycles. The molecule has 1 aromatic heterocycles. The summed E-state index contributed by atoms with van der Waals surface area (Å²) >= 11 is 0. The number of carbonyl (C=O) groups is 1. The molecule has 0 aliphatic carbocycles. The van der Waals surface area contributed by atoms with E-state index in [1.54, 1.807) is 43.0 Å². The normalized spacial score (nSPS) is 10.7. The molecule has 0 saturated heterocycles. The lowest BCUT2D eigenvalue weighted by molar-refractivity contribution is 0.0438. The van der Waals surface area contributed by atoms with Crippen LogP contribution in [-0.2, 0) is 9.47 Å².